The van der Waals surface area contributed by atoms with E-state index in [-0.39, 0.29) is 0 Å². The van der Waals surface area contributed by atoms with Crippen molar-refractivity contribution < 1.29 is 13.9 Å². The van der Waals surface area contributed by atoms with E-state index in [0.717, 1.165) is 12.2 Å². The van der Waals surface area contributed by atoms with E-state index in [1.807, 2.05) is 0 Å². The number of hydrogen-bond donors (Lipinski definition) is 0. The first-order valence-corrected chi connectivity index (χ1v) is 6.07. The van der Waals surface area contributed by atoms with E-state index in [0.29, 0.717) is 30.9 Å². The lowest BCUT2D eigenvalue weighted by molar-refractivity contribution is 0.112. The summed E-state index contributed by atoms with van der Waals surface area (Å²) >= 11 is 0. The summed E-state index contributed by atoms with van der Waals surface area (Å²) in [5.74, 6) is 0.0588. The number of aldehydes is 1. The highest BCUT2D eigenvalue weighted by atomic mass is 19.1. The lowest BCUT2D eigenvalue weighted by atomic mass is 10.1. The molecule has 0 atom stereocenters. The first-order valence-electron chi connectivity index (χ1n) is 6.07. The van der Waals surface area contributed by atoms with Gasteiger partial charge in [-0.2, -0.15) is 0 Å². The topological polar surface area (TPSA) is 29.5 Å². The molecule has 18 heavy (non-hydrogen) atoms. The molecule has 0 heterocycles. The average molecular weight is 253 g/mol. The normalized spacial score (nSPS) is 10.7. The van der Waals surface area contributed by atoms with Crippen LogP contribution in [0.15, 0.2) is 18.2 Å². The zero-order chi connectivity index (χ0) is 13.5. The fourth-order valence-corrected chi connectivity index (χ4v) is 1.86. The molecule has 0 saturated heterocycles. The number of hydrogen-bond acceptors (Lipinski definition) is 3. The maximum Gasteiger partial charge on any atom is 0.152 e. The van der Waals surface area contributed by atoms with Gasteiger partial charge in [-0.25, -0.2) is 4.39 Å². The molecule has 0 bridgehead atoms. The summed E-state index contributed by atoms with van der Waals surface area (Å²) in [6, 6.07) is 4.29. The van der Waals surface area contributed by atoms with Crippen LogP contribution in [0, 0.1) is 11.7 Å². The van der Waals surface area contributed by atoms with Gasteiger partial charge in [-0.3, -0.25) is 4.79 Å². The molecular weight excluding hydrogens is 233 g/mol. The Morgan fingerprint density at radius 3 is 2.72 bits per heavy atom. The largest absolute Gasteiger partial charge is 0.383 e. The smallest absolute Gasteiger partial charge is 0.152 e. The van der Waals surface area contributed by atoms with Gasteiger partial charge in [-0.05, 0) is 24.1 Å². The third-order valence-electron chi connectivity index (χ3n) is 2.61. The third kappa shape index (κ3) is 4.11. The lowest BCUT2D eigenvalue weighted by Crippen LogP contribution is -2.31. The molecule has 0 N–H and O–H groups in total. The van der Waals surface area contributed by atoms with Crippen LogP contribution in [-0.4, -0.2) is 33.1 Å². The van der Waals surface area contributed by atoms with Crippen molar-refractivity contribution in [3.05, 3.63) is 29.6 Å². The molecule has 4 heteroatoms. The Bertz CT molecular complexity index is 393. The molecule has 0 aliphatic heterocycles. The zero-order valence-electron chi connectivity index (χ0n) is 11.1. The van der Waals surface area contributed by atoms with Crippen LogP contribution >= 0.6 is 0 Å². The van der Waals surface area contributed by atoms with Gasteiger partial charge in [0.2, 0.25) is 0 Å². The molecule has 0 fully saturated rings. The molecular formula is C14H20FNO2. The lowest BCUT2D eigenvalue weighted by Gasteiger charge is -2.27. The average Bonchev–Trinajstić information content (AvgIpc) is 2.34. The van der Waals surface area contributed by atoms with Crippen molar-refractivity contribution in [2.75, 3.05) is 31.7 Å². The molecule has 100 valence electrons. The van der Waals surface area contributed by atoms with E-state index in [2.05, 4.69) is 18.7 Å². The molecule has 0 spiro atoms. The number of benzene rings is 1. The van der Waals surface area contributed by atoms with Crippen molar-refractivity contribution in [1.82, 2.24) is 0 Å². The molecule has 0 radical (unpaired) electrons. The molecule has 0 aliphatic carbocycles. The van der Waals surface area contributed by atoms with Gasteiger partial charge >= 0.3 is 0 Å². The maximum atomic E-state index is 13.1. The van der Waals surface area contributed by atoms with Crippen molar-refractivity contribution in [1.29, 1.82) is 0 Å². The molecule has 0 amide bonds. The third-order valence-corrected chi connectivity index (χ3v) is 2.61. The Morgan fingerprint density at radius 1 is 1.44 bits per heavy atom. The Hall–Kier alpha value is -1.42. The van der Waals surface area contributed by atoms with Gasteiger partial charge in [0.25, 0.3) is 0 Å². The van der Waals surface area contributed by atoms with E-state index >= 15 is 0 Å². The summed E-state index contributed by atoms with van der Waals surface area (Å²) in [6.07, 6.45) is 0.693. The van der Waals surface area contributed by atoms with Crippen molar-refractivity contribution in [2.45, 2.75) is 13.8 Å². The van der Waals surface area contributed by atoms with Gasteiger partial charge in [0.05, 0.1) is 6.61 Å². The Kier molecular flexibility index (Phi) is 5.78. The van der Waals surface area contributed by atoms with E-state index in [1.165, 1.54) is 12.1 Å². The summed E-state index contributed by atoms with van der Waals surface area (Å²) in [5, 5.41) is 0. The predicted octanol–water partition coefficient (Wildman–Crippen LogP) is 2.75. The van der Waals surface area contributed by atoms with Gasteiger partial charge in [0.1, 0.15) is 5.82 Å². The minimum absolute atomic E-state index is 0.381. The van der Waals surface area contributed by atoms with Gasteiger partial charge < -0.3 is 9.64 Å². The van der Waals surface area contributed by atoms with Crippen LogP contribution in [0.2, 0.25) is 0 Å². The predicted molar refractivity (Wildman–Crippen MR) is 70.7 cm³/mol. The van der Waals surface area contributed by atoms with Gasteiger partial charge in [0, 0.05) is 31.5 Å². The van der Waals surface area contributed by atoms with Crippen molar-refractivity contribution in [3.8, 4) is 0 Å². The summed E-state index contributed by atoms with van der Waals surface area (Å²) < 4.78 is 18.2. The van der Waals surface area contributed by atoms with Gasteiger partial charge in [0.15, 0.2) is 6.29 Å². The highest BCUT2D eigenvalue weighted by molar-refractivity contribution is 5.84. The van der Waals surface area contributed by atoms with E-state index in [9.17, 15) is 9.18 Å². The van der Waals surface area contributed by atoms with Crippen LogP contribution in [0.1, 0.15) is 24.2 Å². The van der Waals surface area contributed by atoms with Crippen LogP contribution in [0.3, 0.4) is 0 Å². The van der Waals surface area contributed by atoms with Crippen LogP contribution in [0.5, 0.6) is 0 Å². The Balaban J connectivity index is 2.99. The summed E-state index contributed by atoms with van der Waals surface area (Å²) in [4.78, 5) is 13.1. The highest BCUT2D eigenvalue weighted by Crippen LogP contribution is 2.21. The summed E-state index contributed by atoms with van der Waals surface area (Å²) in [7, 11) is 1.64. The molecule has 0 saturated carbocycles. The first kappa shape index (κ1) is 14.6. The molecule has 0 aliphatic rings. The van der Waals surface area contributed by atoms with Crippen LogP contribution in [0.4, 0.5) is 10.1 Å². The second-order valence-electron chi connectivity index (χ2n) is 4.65. The highest BCUT2D eigenvalue weighted by Gasteiger charge is 2.13. The monoisotopic (exact) mass is 253 g/mol. The number of ether oxygens (including phenoxy) is 1. The molecule has 1 aromatic carbocycles. The molecule has 1 aromatic rings. The number of carbonyl (C=O) groups is 1. The first-order chi connectivity index (χ1) is 8.58. The van der Waals surface area contributed by atoms with Gasteiger partial charge in [-0.1, -0.05) is 13.8 Å². The van der Waals surface area contributed by atoms with Crippen molar-refractivity contribution >= 4 is 12.0 Å². The van der Waals surface area contributed by atoms with Crippen molar-refractivity contribution in [3.63, 3.8) is 0 Å². The van der Waals surface area contributed by atoms with Crippen LogP contribution < -0.4 is 4.90 Å². The summed E-state index contributed by atoms with van der Waals surface area (Å²) in [5.41, 5.74) is 1.14. The summed E-state index contributed by atoms with van der Waals surface area (Å²) in [6.45, 7) is 6.26. The van der Waals surface area contributed by atoms with Crippen LogP contribution in [0.25, 0.3) is 0 Å². The van der Waals surface area contributed by atoms with Crippen molar-refractivity contribution in [2.24, 2.45) is 5.92 Å². The standard InChI is InChI=1S/C14H20FNO2/c1-11(2)9-16(6-7-18-3)14-5-4-13(15)8-12(14)10-17/h4-5,8,10-11H,6-7,9H2,1-3H3. The fourth-order valence-electron chi connectivity index (χ4n) is 1.86. The van der Waals surface area contributed by atoms with Crippen LogP contribution in [-0.2, 0) is 4.74 Å². The number of methoxy groups -OCH3 is 1. The Labute approximate surface area is 108 Å². The Morgan fingerprint density at radius 2 is 2.17 bits per heavy atom. The SMILES string of the molecule is COCCN(CC(C)C)c1ccc(F)cc1C=O. The van der Waals surface area contributed by atoms with Gasteiger partial charge in [-0.15, -0.1) is 0 Å². The quantitative estimate of drug-likeness (QED) is 0.700. The van der Waals surface area contributed by atoms with E-state index < -0.39 is 5.82 Å². The fraction of sp³-hybridized carbons (Fsp3) is 0.500. The number of carbonyl (C=O) groups excluding carboxylic acids is 1. The van der Waals surface area contributed by atoms with E-state index in [4.69, 9.17) is 4.74 Å². The second-order valence-corrected chi connectivity index (χ2v) is 4.65. The molecule has 0 unspecified atom stereocenters. The zero-order valence-corrected chi connectivity index (χ0v) is 11.1. The minimum atomic E-state index is -0.392. The molecule has 1 rings (SSSR count). The molecule has 3 nitrogen and oxygen atoms in total. The number of nitrogens with zero attached hydrogens (tertiary/aromatic N) is 1. The number of halogens is 1. The second kappa shape index (κ2) is 7.11. The molecule has 0 aromatic heterocycles. The number of rotatable bonds is 7. The minimum Gasteiger partial charge on any atom is -0.383 e. The van der Waals surface area contributed by atoms with E-state index in [1.54, 1.807) is 13.2 Å². The number of anilines is 1. The maximum absolute atomic E-state index is 13.1.